The molecule has 2 heterocycles. The van der Waals surface area contributed by atoms with Crippen LogP contribution in [-0.2, 0) is 16.4 Å². The molecular weight excluding hydrogens is 570 g/mol. The Hall–Kier alpha value is -4.14. The fourth-order valence-electron chi connectivity index (χ4n) is 5.66. The molecule has 2 amide bonds. The summed E-state index contributed by atoms with van der Waals surface area (Å²) in [6.45, 7) is 6.37. The molecule has 2 aliphatic heterocycles. The third kappa shape index (κ3) is 5.05. The highest BCUT2D eigenvalue weighted by Crippen LogP contribution is 2.38. The summed E-state index contributed by atoms with van der Waals surface area (Å²) in [4.78, 5) is 33.2. The quantitative estimate of drug-likeness (QED) is 0.291. The van der Waals surface area contributed by atoms with Gasteiger partial charge in [0.25, 0.3) is 11.8 Å². The second kappa shape index (κ2) is 10.9. The maximum Gasteiger partial charge on any atom is 0.259 e. The summed E-state index contributed by atoms with van der Waals surface area (Å²) in [5.41, 5.74) is 4.59. The molecule has 214 valence electrons. The van der Waals surface area contributed by atoms with Crippen molar-refractivity contribution in [2.45, 2.75) is 30.2 Å². The number of halogens is 1. The zero-order valence-corrected chi connectivity index (χ0v) is 25.0. The van der Waals surface area contributed by atoms with Gasteiger partial charge in [-0.15, -0.1) is 0 Å². The van der Waals surface area contributed by atoms with Crippen LogP contribution in [0.5, 0.6) is 0 Å². The average Bonchev–Trinajstić information content (AvgIpc) is 3.06. The largest absolute Gasteiger partial charge is 0.368 e. The van der Waals surface area contributed by atoms with Gasteiger partial charge in [0.05, 0.1) is 27.6 Å². The van der Waals surface area contributed by atoms with E-state index in [2.05, 4.69) is 4.90 Å². The van der Waals surface area contributed by atoms with Gasteiger partial charge < -0.3 is 14.7 Å². The lowest BCUT2D eigenvalue weighted by atomic mass is 10.0. The third-order valence-corrected chi connectivity index (χ3v) is 10.1. The molecule has 1 fully saturated rings. The number of rotatable bonds is 4. The SMILES string of the molecule is Cc1ccc(C)c(CN2C(=O)c3ccccc3S(=O)(=O)c3ccc(C(=O)N4CCN(c5cccc(Cl)c5)CC4)cc32)c1. The number of benzene rings is 4. The number of sulfone groups is 1. The van der Waals surface area contributed by atoms with E-state index < -0.39 is 15.7 Å². The van der Waals surface area contributed by atoms with Gasteiger partial charge in [0.15, 0.2) is 0 Å². The van der Waals surface area contributed by atoms with Crippen molar-refractivity contribution in [3.8, 4) is 0 Å². The molecule has 0 unspecified atom stereocenters. The van der Waals surface area contributed by atoms with E-state index in [1.165, 1.54) is 17.0 Å². The molecule has 0 saturated carbocycles. The number of fused-ring (bicyclic) bond motifs is 2. The normalized spacial score (nSPS) is 16.1. The van der Waals surface area contributed by atoms with Gasteiger partial charge >= 0.3 is 0 Å². The van der Waals surface area contributed by atoms with E-state index in [9.17, 15) is 18.0 Å². The number of hydrogen-bond acceptors (Lipinski definition) is 5. The predicted molar refractivity (Wildman–Crippen MR) is 164 cm³/mol. The average molecular weight is 600 g/mol. The van der Waals surface area contributed by atoms with Crippen LogP contribution in [0.15, 0.2) is 94.7 Å². The van der Waals surface area contributed by atoms with Gasteiger partial charge in [-0.2, -0.15) is 0 Å². The molecule has 0 aliphatic carbocycles. The van der Waals surface area contributed by atoms with Gasteiger partial charge in [-0.3, -0.25) is 9.59 Å². The minimum Gasteiger partial charge on any atom is -0.368 e. The van der Waals surface area contributed by atoms with Crippen molar-refractivity contribution in [3.63, 3.8) is 0 Å². The Morgan fingerprint density at radius 1 is 0.833 bits per heavy atom. The van der Waals surface area contributed by atoms with Gasteiger partial charge in [-0.1, -0.05) is 53.6 Å². The van der Waals surface area contributed by atoms with Crippen LogP contribution in [0.3, 0.4) is 0 Å². The lowest BCUT2D eigenvalue weighted by molar-refractivity contribution is 0.0746. The Labute approximate surface area is 250 Å². The molecule has 42 heavy (non-hydrogen) atoms. The maximum absolute atomic E-state index is 14.0. The van der Waals surface area contributed by atoms with Gasteiger partial charge in [-0.25, -0.2) is 8.42 Å². The van der Waals surface area contributed by atoms with E-state index in [0.717, 1.165) is 22.4 Å². The fraction of sp³-hybridized carbons (Fsp3) is 0.212. The van der Waals surface area contributed by atoms with Gasteiger partial charge in [0.1, 0.15) is 0 Å². The smallest absolute Gasteiger partial charge is 0.259 e. The van der Waals surface area contributed by atoms with Crippen LogP contribution in [0.4, 0.5) is 11.4 Å². The van der Waals surface area contributed by atoms with Gasteiger partial charge in [-0.05, 0) is 73.5 Å². The summed E-state index contributed by atoms with van der Waals surface area (Å²) in [6, 6.07) is 24.5. The molecular formula is C33H30ClN3O4S. The highest BCUT2D eigenvalue weighted by atomic mass is 35.5. The number of anilines is 2. The molecule has 0 aromatic heterocycles. The minimum atomic E-state index is -4.03. The van der Waals surface area contributed by atoms with Crippen molar-refractivity contribution < 1.29 is 18.0 Å². The molecule has 7 nitrogen and oxygen atoms in total. The van der Waals surface area contributed by atoms with E-state index in [0.29, 0.717) is 36.8 Å². The van der Waals surface area contributed by atoms with Crippen molar-refractivity contribution >= 4 is 44.6 Å². The van der Waals surface area contributed by atoms with Crippen LogP contribution in [0.25, 0.3) is 0 Å². The van der Waals surface area contributed by atoms with Crippen molar-refractivity contribution in [2.75, 3.05) is 36.0 Å². The van der Waals surface area contributed by atoms with E-state index in [-0.39, 0.29) is 33.5 Å². The topological polar surface area (TPSA) is 78.0 Å². The summed E-state index contributed by atoms with van der Waals surface area (Å²) in [7, 11) is -4.03. The Balaban J connectivity index is 1.37. The predicted octanol–water partition coefficient (Wildman–Crippen LogP) is 5.91. The monoisotopic (exact) mass is 599 g/mol. The summed E-state index contributed by atoms with van der Waals surface area (Å²) >= 11 is 6.17. The van der Waals surface area contributed by atoms with E-state index in [4.69, 9.17) is 11.6 Å². The number of piperazine rings is 1. The van der Waals surface area contributed by atoms with Gasteiger partial charge in [0, 0.05) is 42.5 Å². The van der Waals surface area contributed by atoms with Crippen LogP contribution < -0.4 is 9.80 Å². The minimum absolute atomic E-state index is 0.00781. The van der Waals surface area contributed by atoms with E-state index in [1.807, 2.05) is 56.3 Å². The molecule has 4 aromatic carbocycles. The second-order valence-electron chi connectivity index (χ2n) is 10.8. The zero-order chi connectivity index (χ0) is 29.6. The Bertz CT molecular complexity index is 1830. The Morgan fingerprint density at radius 3 is 2.36 bits per heavy atom. The summed E-state index contributed by atoms with van der Waals surface area (Å²) < 4.78 is 27.7. The van der Waals surface area contributed by atoms with Crippen LogP contribution in [0.1, 0.15) is 37.4 Å². The highest BCUT2D eigenvalue weighted by Gasteiger charge is 2.36. The molecule has 0 radical (unpaired) electrons. The van der Waals surface area contributed by atoms with Crippen LogP contribution in [-0.4, -0.2) is 51.3 Å². The van der Waals surface area contributed by atoms with E-state index >= 15 is 0 Å². The number of aryl methyl sites for hydroxylation is 2. The van der Waals surface area contributed by atoms with Gasteiger partial charge in [0.2, 0.25) is 9.84 Å². The molecule has 0 bridgehead atoms. The van der Waals surface area contributed by atoms with Crippen LogP contribution in [0.2, 0.25) is 5.02 Å². The van der Waals surface area contributed by atoms with Crippen LogP contribution >= 0.6 is 11.6 Å². The molecule has 1 saturated heterocycles. The molecule has 2 aliphatic rings. The number of carbonyl (C=O) groups is 2. The number of nitrogens with zero attached hydrogens (tertiary/aromatic N) is 3. The fourth-order valence-corrected chi connectivity index (χ4v) is 7.48. The molecule has 0 spiro atoms. The van der Waals surface area contributed by atoms with Crippen molar-refractivity contribution in [3.05, 3.63) is 118 Å². The number of carbonyl (C=O) groups excluding carboxylic acids is 2. The van der Waals surface area contributed by atoms with Crippen molar-refractivity contribution in [1.29, 1.82) is 0 Å². The molecule has 9 heteroatoms. The lowest BCUT2D eigenvalue weighted by Gasteiger charge is -2.36. The first-order chi connectivity index (χ1) is 20.1. The standard InChI is InChI=1S/C33H30ClN3O4S/c1-22-10-11-23(2)25(18-22)21-37-29-19-24(12-13-31(29)42(40,41)30-9-4-3-8-28(30)33(37)39)32(38)36-16-14-35(15-17-36)27-7-5-6-26(34)20-27/h3-13,18-20H,14-17,21H2,1-2H3. The number of hydrogen-bond donors (Lipinski definition) is 0. The maximum atomic E-state index is 14.0. The van der Waals surface area contributed by atoms with Crippen molar-refractivity contribution in [2.24, 2.45) is 0 Å². The second-order valence-corrected chi connectivity index (χ2v) is 13.1. The first kappa shape index (κ1) is 28.0. The summed E-state index contributed by atoms with van der Waals surface area (Å²) in [6.07, 6.45) is 0. The zero-order valence-electron chi connectivity index (χ0n) is 23.4. The van der Waals surface area contributed by atoms with Crippen LogP contribution in [0, 0.1) is 13.8 Å². The first-order valence-electron chi connectivity index (χ1n) is 13.8. The number of amides is 2. The molecule has 4 aromatic rings. The summed E-state index contributed by atoms with van der Waals surface area (Å²) in [5.74, 6) is -0.629. The summed E-state index contributed by atoms with van der Waals surface area (Å²) in [5, 5.41) is 0.660. The lowest BCUT2D eigenvalue weighted by Crippen LogP contribution is -2.48. The third-order valence-electron chi connectivity index (χ3n) is 8.01. The first-order valence-corrected chi connectivity index (χ1v) is 15.7. The molecule has 0 atom stereocenters. The molecule has 0 N–H and O–H groups in total. The van der Waals surface area contributed by atoms with Crippen molar-refractivity contribution in [1.82, 2.24) is 4.90 Å². The molecule has 6 rings (SSSR count). The Kier molecular flexibility index (Phi) is 7.29. The Morgan fingerprint density at radius 2 is 1.60 bits per heavy atom. The highest BCUT2D eigenvalue weighted by molar-refractivity contribution is 7.91. The van der Waals surface area contributed by atoms with E-state index in [1.54, 1.807) is 35.2 Å².